The number of hydrogen-bond acceptors (Lipinski definition) is 5. The minimum Gasteiger partial charge on any atom is -0.480 e. The molecular weight excluding hydrogens is 238 g/mol. The zero-order valence-corrected chi connectivity index (χ0v) is 9.91. The van der Waals surface area contributed by atoms with Crippen molar-refractivity contribution in [1.29, 1.82) is 0 Å². The summed E-state index contributed by atoms with van der Waals surface area (Å²) in [7, 11) is -3.77. The first-order valence-corrected chi connectivity index (χ1v) is 6.32. The van der Waals surface area contributed by atoms with Gasteiger partial charge in [-0.05, 0) is 13.8 Å². The Hall–Kier alpha value is -1.15. The zero-order chi connectivity index (χ0) is 12.8. The van der Waals surface area contributed by atoms with Crippen LogP contribution in [0.5, 0.6) is 0 Å². The quantitative estimate of drug-likeness (QED) is 0.582. The van der Waals surface area contributed by atoms with Gasteiger partial charge in [0.25, 0.3) is 0 Å². The van der Waals surface area contributed by atoms with E-state index in [1.807, 2.05) is 4.72 Å². The number of carboxylic acid groups (broad SMARTS) is 1. The lowest BCUT2D eigenvalue weighted by molar-refractivity contribution is -0.142. The van der Waals surface area contributed by atoms with E-state index >= 15 is 0 Å². The molecule has 7 nitrogen and oxygen atoms in total. The van der Waals surface area contributed by atoms with Crippen LogP contribution in [0.4, 0.5) is 0 Å². The monoisotopic (exact) mass is 253 g/mol. The highest BCUT2D eigenvalue weighted by Gasteiger charge is 2.20. The SMILES string of the molecule is CCOC(=O)CCS(=O)(=O)N[C@H](C)C(=O)O. The Morgan fingerprint density at radius 3 is 2.44 bits per heavy atom. The van der Waals surface area contributed by atoms with Crippen LogP contribution in [-0.4, -0.2) is 43.9 Å². The van der Waals surface area contributed by atoms with Gasteiger partial charge in [0.05, 0.1) is 18.8 Å². The van der Waals surface area contributed by atoms with Gasteiger partial charge in [0.15, 0.2) is 0 Å². The molecular formula is C8H15NO6S. The van der Waals surface area contributed by atoms with Crippen LogP contribution >= 0.6 is 0 Å². The number of sulfonamides is 1. The van der Waals surface area contributed by atoms with E-state index in [4.69, 9.17) is 5.11 Å². The van der Waals surface area contributed by atoms with E-state index < -0.39 is 33.8 Å². The Bertz CT molecular complexity index is 350. The smallest absolute Gasteiger partial charge is 0.321 e. The molecule has 0 heterocycles. The third-order valence-electron chi connectivity index (χ3n) is 1.61. The molecule has 0 radical (unpaired) electrons. The fourth-order valence-corrected chi connectivity index (χ4v) is 2.02. The zero-order valence-electron chi connectivity index (χ0n) is 9.10. The van der Waals surface area contributed by atoms with Crippen molar-refractivity contribution in [3.05, 3.63) is 0 Å². The van der Waals surface area contributed by atoms with Crippen molar-refractivity contribution >= 4 is 22.0 Å². The average molecular weight is 253 g/mol. The third-order valence-corrected chi connectivity index (χ3v) is 3.06. The van der Waals surface area contributed by atoms with Crippen molar-refractivity contribution in [3.8, 4) is 0 Å². The molecule has 1 atom stereocenters. The van der Waals surface area contributed by atoms with Gasteiger partial charge < -0.3 is 9.84 Å². The Labute approximate surface area is 93.8 Å². The Morgan fingerprint density at radius 2 is 2.00 bits per heavy atom. The van der Waals surface area contributed by atoms with Crippen molar-refractivity contribution in [1.82, 2.24) is 4.72 Å². The first-order valence-electron chi connectivity index (χ1n) is 4.67. The van der Waals surface area contributed by atoms with Gasteiger partial charge in [-0.15, -0.1) is 0 Å². The lowest BCUT2D eigenvalue weighted by Gasteiger charge is -2.09. The molecule has 0 bridgehead atoms. The number of ether oxygens (including phenoxy) is 1. The summed E-state index contributed by atoms with van der Waals surface area (Å²) in [5.74, 6) is -2.39. The standard InChI is InChI=1S/C8H15NO6S/c1-3-15-7(10)4-5-16(13,14)9-6(2)8(11)12/h6,9H,3-5H2,1-2H3,(H,11,12)/t6-/m1/s1. The van der Waals surface area contributed by atoms with Crippen LogP contribution in [0.2, 0.25) is 0 Å². The van der Waals surface area contributed by atoms with Crippen molar-refractivity contribution in [2.45, 2.75) is 26.3 Å². The third kappa shape index (κ3) is 6.36. The van der Waals surface area contributed by atoms with Crippen LogP contribution in [0, 0.1) is 0 Å². The van der Waals surface area contributed by atoms with E-state index in [0.717, 1.165) is 0 Å². The average Bonchev–Trinajstić information content (AvgIpc) is 2.14. The molecule has 0 saturated carbocycles. The molecule has 8 heteroatoms. The largest absolute Gasteiger partial charge is 0.480 e. The lowest BCUT2D eigenvalue weighted by atomic mass is 10.4. The van der Waals surface area contributed by atoms with Crippen LogP contribution in [0.25, 0.3) is 0 Å². The molecule has 0 spiro atoms. The fraction of sp³-hybridized carbons (Fsp3) is 0.750. The molecule has 0 aliphatic carbocycles. The van der Waals surface area contributed by atoms with Gasteiger partial charge in [-0.1, -0.05) is 0 Å². The van der Waals surface area contributed by atoms with E-state index in [2.05, 4.69) is 4.74 Å². The van der Waals surface area contributed by atoms with Crippen molar-refractivity contribution in [2.75, 3.05) is 12.4 Å². The number of rotatable bonds is 7. The van der Waals surface area contributed by atoms with Crippen LogP contribution in [-0.2, 0) is 24.3 Å². The van der Waals surface area contributed by atoms with Gasteiger partial charge in [-0.2, -0.15) is 0 Å². The van der Waals surface area contributed by atoms with Crippen molar-refractivity contribution in [2.24, 2.45) is 0 Å². The highest BCUT2D eigenvalue weighted by molar-refractivity contribution is 7.89. The van der Waals surface area contributed by atoms with E-state index in [1.54, 1.807) is 6.92 Å². The molecule has 2 N–H and O–H groups in total. The predicted molar refractivity (Wildman–Crippen MR) is 55.3 cm³/mol. The topological polar surface area (TPSA) is 110 Å². The van der Waals surface area contributed by atoms with Gasteiger partial charge in [-0.25, -0.2) is 13.1 Å². The Balaban J connectivity index is 4.16. The minimum absolute atomic E-state index is 0.178. The van der Waals surface area contributed by atoms with Crippen LogP contribution < -0.4 is 4.72 Å². The van der Waals surface area contributed by atoms with E-state index in [0.29, 0.717) is 0 Å². The summed E-state index contributed by atoms with van der Waals surface area (Å²) in [6.07, 6.45) is -0.296. The van der Waals surface area contributed by atoms with Crippen LogP contribution in [0.1, 0.15) is 20.3 Å². The Kier molecular flexibility index (Phi) is 5.97. The number of aliphatic carboxylic acids is 1. The van der Waals surface area contributed by atoms with Crippen molar-refractivity contribution in [3.63, 3.8) is 0 Å². The molecule has 0 rings (SSSR count). The molecule has 0 amide bonds. The van der Waals surface area contributed by atoms with E-state index in [1.165, 1.54) is 6.92 Å². The van der Waals surface area contributed by atoms with Crippen molar-refractivity contribution < 1.29 is 27.9 Å². The summed E-state index contributed by atoms with van der Waals surface area (Å²) in [5, 5.41) is 8.49. The fourth-order valence-electron chi connectivity index (χ4n) is 0.830. The molecule has 0 aliphatic rings. The molecule has 0 unspecified atom stereocenters. The molecule has 0 aliphatic heterocycles. The number of hydrogen-bond donors (Lipinski definition) is 2. The molecule has 16 heavy (non-hydrogen) atoms. The molecule has 0 saturated heterocycles. The van der Waals surface area contributed by atoms with Gasteiger partial charge in [0, 0.05) is 0 Å². The summed E-state index contributed by atoms with van der Waals surface area (Å²) in [4.78, 5) is 21.3. The maximum Gasteiger partial charge on any atom is 0.321 e. The van der Waals surface area contributed by atoms with Gasteiger partial charge in [0.1, 0.15) is 6.04 Å². The maximum atomic E-state index is 11.3. The van der Waals surface area contributed by atoms with Gasteiger partial charge in [0.2, 0.25) is 10.0 Å². The maximum absolute atomic E-state index is 11.3. The highest BCUT2D eigenvalue weighted by atomic mass is 32.2. The second kappa shape index (κ2) is 6.44. The molecule has 0 aromatic rings. The molecule has 0 aromatic carbocycles. The second-order valence-electron chi connectivity index (χ2n) is 3.05. The van der Waals surface area contributed by atoms with E-state index in [-0.39, 0.29) is 13.0 Å². The number of carbonyl (C=O) groups excluding carboxylic acids is 1. The first kappa shape index (κ1) is 14.8. The van der Waals surface area contributed by atoms with Crippen LogP contribution in [0.3, 0.4) is 0 Å². The molecule has 94 valence electrons. The summed E-state index contributed by atoms with van der Waals surface area (Å²) >= 11 is 0. The first-order chi connectivity index (χ1) is 7.28. The Morgan fingerprint density at radius 1 is 1.44 bits per heavy atom. The highest BCUT2D eigenvalue weighted by Crippen LogP contribution is 1.95. The van der Waals surface area contributed by atoms with E-state index in [9.17, 15) is 18.0 Å². The van der Waals surface area contributed by atoms with Crippen LogP contribution in [0.15, 0.2) is 0 Å². The predicted octanol–water partition coefficient (Wildman–Crippen LogP) is -0.668. The normalized spacial score (nSPS) is 13.1. The van der Waals surface area contributed by atoms with Gasteiger partial charge in [-0.3, -0.25) is 9.59 Å². The second-order valence-corrected chi connectivity index (χ2v) is 4.93. The minimum atomic E-state index is -3.77. The number of esters is 1. The summed E-state index contributed by atoms with van der Waals surface area (Å²) in [6.45, 7) is 2.99. The summed E-state index contributed by atoms with van der Waals surface area (Å²) in [5.41, 5.74) is 0. The lowest BCUT2D eigenvalue weighted by Crippen LogP contribution is -2.39. The number of carbonyl (C=O) groups is 2. The number of nitrogens with one attached hydrogen (secondary N) is 1. The summed E-state index contributed by atoms with van der Waals surface area (Å²) < 4.78 is 29.0. The summed E-state index contributed by atoms with van der Waals surface area (Å²) in [6, 6.07) is -1.22. The molecule has 0 aromatic heterocycles. The molecule has 0 fully saturated rings. The van der Waals surface area contributed by atoms with Gasteiger partial charge >= 0.3 is 11.9 Å². The number of carboxylic acids is 1.